The summed E-state index contributed by atoms with van der Waals surface area (Å²) in [6.07, 6.45) is 0. The Balaban J connectivity index is 2.84. The van der Waals surface area contributed by atoms with E-state index in [1.807, 2.05) is 6.92 Å². The SMILES string of the molecule is CCOc1cccc(NCCS(=O)CC)c1[N+](=O)[O-]. The van der Waals surface area contributed by atoms with Crippen molar-refractivity contribution >= 4 is 22.2 Å². The van der Waals surface area contributed by atoms with Crippen LogP contribution in [0.1, 0.15) is 13.8 Å². The Morgan fingerprint density at radius 1 is 1.42 bits per heavy atom. The highest BCUT2D eigenvalue weighted by Gasteiger charge is 2.20. The van der Waals surface area contributed by atoms with Crippen LogP contribution in [0.15, 0.2) is 18.2 Å². The van der Waals surface area contributed by atoms with Crippen LogP contribution in [0.5, 0.6) is 5.75 Å². The third kappa shape index (κ3) is 4.51. The van der Waals surface area contributed by atoms with Crippen LogP contribution in [-0.2, 0) is 10.8 Å². The van der Waals surface area contributed by atoms with Gasteiger partial charge in [0.1, 0.15) is 5.69 Å². The van der Waals surface area contributed by atoms with Gasteiger partial charge in [0.05, 0.1) is 11.5 Å². The standard InChI is InChI=1S/C12H18N2O4S/c1-3-18-11-7-5-6-10(12(11)14(15)16)13-8-9-19(17)4-2/h5-7,13H,3-4,8-9H2,1-2H3. The van der Waals surface area contributed by atoms with Gasteiger partial charge in [0.25, 0.3) is 0 Å². The van der Waals surface area contributed by atoms with E-state index in [9.17, 15) is 14.3 Å². The zero-order chi connectivity index (χ0) is 14.3. The van der Waals surface area contributed by atoms with Gasteiger partial charge >= 0.3 is 5.69 Å². The molecule has 1 unspecified atom stereocenters. The topological polar surface area (TPSA) is 81.5 Å². The van der Waals surface area contributed by atoms with Crippen molar-refractivity contribution in [1.82, 2.24) is 0 Å². The minimum atomic E-state index is -0.890. The second kappa shape index (κ2) is 7.73. The third-order valence-corrected chi connectivity index (χ3v) is 3.75. The number of nitrogens with zero attached hydrogens (tertiary/aromatic N) is 1. The fraction of sp³-hybridized carbons (Fsp3) is 0.500. The molecule has 0 saturated heterocycles. The van der Waals surface area contributed by atoms with E-state index in [0.29, 0.717) is 30.3 Å². The van der Waals surface area contributed by atoms with Gasteiger partial charge in [-0.2, -0.15) is 0 Å². The summed E-state index contributed by atoms with van der Waals surface area (Å²) in [5.74, 6) is 1.30. The molecule has 1 atom stereocenters. The van der Waals surface area contributed by atoms with Crippen molar-refractivity contribution in [3.63, 3.8) is 0 Å². The lowest BCUT2D eigenvalue weighted by Crippen LogP contribution is -2.13. The van der Waals surface area contributed by atoms with Crippen LogP contribution in [-0.4, -0.2) is 33.8 Å². The van der Waals surface area contributed by atoms with Crippen molar-refractivity contribution in [3.05, 3.63) is 28.3 Å². The van der Waals surface area contributed by atoms with Gasteiger partial charge in [-0.05, 0) is 19.1 Å². The molecule has 7 heteroatoms. The van der Waals surface area contributed by atoms with Crippen molar-refractivity contribution in [1.29, 1.82) is 0 Å². The van der Waals surface area contributed by atoms with Gasteiger partial charge in [-0.25, -0.2) is 0 Å². The molecule has 0 aliphatic heterocycles. The van der Waals surface area contributed by atoms with Gasteiger partial charge in [-0.1, -0.05) is 13.0 Å². The molecule has 0 bridgehead atoms. The fourth-order valence-electron chi connectivity index (χ4n) is 1.57. The van der Waals surface area contributed by atoms with Crippen molar-refractivity contribution in [2.45, 2.75) is 13.8 Å². The van der Waals surface area contributed by atoms with E-state index >= 15 is 0 Å². The van der Waals surface area contributed by atoms with E-state index in [-0.39, 0.29) is 11.4 Å². The van der Waals surface area contributed by atoms with Crippen LogP contribution >= 0.6 is 0 Å². The molecule has 1 aromatic carbocycles. The molecule has 0 aliphatic carbocycles. The summed E-state index contributed by atoms with van der Waals surface area (Å²) in [6, 6.07) is 4.88. The van der Waals surface area contributed by atoms with Crippen LogP contribution in [0.2, 0.25) is 0 Å². The number of nitro benzene ring substituents is 1. The number of para-hydroxylation sites is 1. The number of rotatable bonds is 8. The monoisotopic (exact) mass is 286 g/mol. The molecule has 1 rings (SSSR count). The Morgan fingerprint density at radius 3 is 2.74 bits per heavy atom. The van der Waals surface area contributed by atoms with E-state index in [0.717, 1.165) is 0 Å². The molecule has 19 heavy (non-hydrogen) atoms. The van der Waals surface area contributed by atoms with Gasteiger partial charge in [-0.3, -0.25) is 14.3 Å². The molecule has 106 valence electrons. The lowest BCUT2D eigenvalue weighted by Gasteiger charge is -2.10. The summed E-state index contributed by atoms with van der Waals surface area (Å²) in [6.45, 7) is 4.41. The normalized spacial score (nSPS) is 11.9. The summed E-state index contributed by atoms with van der Waals surface area (Å²) in [5.41, 5.74) is 0.315. The minimum Gasteiger partial charge on any atom is -0.487 e. The lowest BCUT2D eigenvalue weighted by molar-refractivity contribution is -0.384. The highest BCUT2D eigenvalue weighted by atomic mass is 32.2. The predicted octanol–water partition coefficient (Wildman–Crippen LogP) is 2.17. The van der Waals surface area contributed by atoms with Gasteiger partial charge in [0.2, 0.25) is 0 Å². The van der Waals surface area contributed by atoms with Crippen molar-refractivity contribution in [3.8, 4) is 5.75 Å². The van der Waals surface area contributed by atoms with Crippen molar-refractivity contribution in [2.75, 3.05) is 30.0 Å². The first-order valence-corrected chi connectivity index (χ1v) is 7.58. The summed E-state index contributed by atoms with van der Waals surface area (Å²) in [4.78, 5) is 10.6. The molecule has 0 fully saturated rings. The fourth-order valence-corrected chi connectivity index (χ4v) is 2.19. The average Bonchev–Trinajstić information content (AvgIpc) is 2.38. The summed E-state index contributed by atoms with van der Waals surface area (Å²) < 4.78 is 16.5. The molecular weight excluding hydrogens is 268 g/mol. The van der Waals surface area contributed by atoms with E-state index in [2.05, 4.69) is 5.32 Å². The summed E-state index contributed by atoms with van der Waals surface area (Å²) in [5, 5.41) is 14.0. The van der Waals surface area contributed by atoms with E-state index in [1.54, 1.807) is 25.1 Å². The number of hydrogen-bond donors (Lipinski definition) is 1. The molecule has 0 spiro atoms. The van der Waals surface area contributed by atoms with E-state index in [4.69, 9.17) is 4.74 Å². The molecule has 0 radical (unpaired) electrons. The number of anilines is 1. The van der Waals surface area contributed by atoms with Crippen LogP contribution in [0.3, 0.4) is 0 Å². The Labute approximate surface area is 114 Å². The first-order chi connectivity index (χ1) is 9.10. The zero-order valence-electron chi connectivity index (χ0n) is 11.0. The van der Waals surface area contributed by atoms with Crippen LogP contribution < -0.4 is 10.1 Å². The van der Waals surface area contributed by atoms with Crippen molar-refractivity contribution < 1.29 is 13.9 Å². The molecule has 0 aliphatic rings. The van der Waals surface area contributed by atoms with Crippen molar-refractivity contribution in [2.24, 2.45) is 0 Å². The summed E-state index contributed by atoms with van der Waals surface area (Å²) >= 11 is 0. The highest BCUT2D eigenvalue weighted by Crippen LogP contribution is 2.34. The Hall–Kier alpha value is -1.63. The molecule has 6 nitrogen and oxygen atoms in total. The zero-order valence-corrected chi connectivity index (χ0v) is 11.9. The lowest BCUT2D eigenvalue weighted by atomic mass is 10.2. The molecule has 1 aromatic rings. The number of benzene rings is 1. The maximum Gasteiger partial charge on any atom is 0.333 e. The average molecular weight is 286 g/mol. The first-order valence-electron chi connectivity index (χ1n) is 6.09. The third-order valence-electron chi connectivity index (χ3n) is 2.45. The number of nitro groups is 1. The Morgan fingerprint density at radius 2 is 2.16 bits per heavy atom. The van der Waals surface area contributed by atoms with E-state index in [1.165, 1.54) is 0 Å². The van der Waals surface area contributed by atoms with Crippen LogP contribution in [0.4, 0.5) is 11.4 Å². The highest BCUT2D eigenvalue weighted by molar-refractivity contribution is 7.84. The first kappa shape index (κ1) is 15.4. The minimum absolute atomic E-state index is 0.0772. The molecule has 0 aromatic heterocycles. The second-order valence-electron chi connectivity index (χ2n) is 3.70. The molecule has 0 heterocycles. The molecule has 0 saturated carbocycles. The summed E-state index contributed by atoms with van der Waals surface area (Å²) in [7, 11) is -0.890. The Bertz CT molecular complexity index is 465. The van der Waals surface area contributed by atoms with Gasteiger partial charge in [0, 0.05) is 28.9 Å². The van der Waals surface area contributed by atoms with E-state index < -0.39 is 15.7 Å². The van der Waals surface area contributed by atoms with Gasteiger partial charge < -0.3 is 10.1 Å². The molecular formula is C12H18N2O4S. The predicted molar refractivity (Wildman–Crippen MR) is 76.3 cm³/mol. The second-order valence-corrected chi connectivity index (χ2v) is 5.57. The van der Waals surface area contributed by atoms with Gasteiger partial charge in [0.15, 0.2) is 5.75 Å². The Kier molecular flexibility index (Phi) is 6.27. The van der Waals surface area contributed by atoms with Gasteiger partial charge in [-0.15, -0.1) is 0 Å². The maximum absolute atomic E-state index is 11.3. The number of nitrogens with one attached hydrogen (secondary N) is 1. The number of hydrogen-bond acceptors (Lipinski definition) is 5. The quantitative estimate of drug-likeness (QED) is 0.585. The van der Waals surface area contributed by atoms with Crippen LogP contribution in [0.25, 0.3) is 0 Å². The van der Waals surface area contributed by atoms with Crippen LogP contribution in [0, 0.1) is 10.1 Å². The maximum atomic E-state index is 11.3. The largest absolute Gasteiger partial charge is 0.487 e. The molecule has 0 amide bonds. The molecule has 1 N–H and O–H groups in total. The smallest absolute Gasteiger partial charge is 0.333 e. The number of ether oxygens (including phenoxy) is 1.